The molecule has 0 spiro atoms. The zero-order chi connectivity index (χ0) is 13.0. The minimum atomic E-state index is 0.0589. The van der Waals surface area contributed by atoms with Gasteiger partial charge in [0.15, 0.2) is 0 Å². The van der Waals surface area contributed by atoms with Crippen LogP contribution in [0.1, 0.15) is 36.8 Å². The third kappa shape index (κ3) is 3.42. The first-order valence-corrected chi connectivity index (χ1v) is 6.50. The Morgan fingerprint density at radius 1 is 1.28 bits per heavy atom. The number of aryl methyl sites for hydroxylation is 1. The van der Waals surface area contributed by atoms with Gasteiger partial charge in [-0.1, -0.05) is 24.3 Å². The summed E-state index contributed by atoms with van der Waals surface area (Å²) in [6.45, 7) is 2.02. The number of carbonyl (C=O) groups excluding carboxylic acids is 2. The van der Waals surface area contributed by atoms with E-state index in [0.717, 1.165) is 24.0 Å². The maximum atomic E-state index is 11.9. The summed E-state index contributed by atoms with van der Waals surface area (Å²) in [6.07, 6.45) is 3.22. The molecule has 0 radical (unpaired) electrons. The molecule has 1 amide bonds. The van der Waals surface area contributed by atoms with Gasteiger partial charge in [-0.2, -0.15) is 0 Å². The van der Waals surface area contributed by atoms with Gasteiger partial charge >= 0.3 is 0 Å². The van der Waals surface area contributed by atoms with Gasteiger partial charge in [0.1, 0.15) is 5.78 Å². The number of benzene rings is 1. The second kappa shape index (κ2) is 5.80. The largest absolute Gasteiger partial charge is 0.353 e. The van der Waals surface area contributed by atoms with Crippen LogP contribution < -0.4 is 5.32 Å². The van der Waals surface area contributed by atoms with Crippen molar-refractivity contribution in [2.45, 2.75) is 45.1 Å². The fourth-order valence-corrected chi connectivity index (χ4v) is 2.34. The SMILES string of the molecule is Cc1ccccc1CC(=O)NC1CCC(=O)CC1. The molecule has 1 aromatic rings. The van der Waals surface area contributed by atoms with E-state index in [1.54, 1.807) is 0 Å². The van der Waals surface area contributed by atoms with Crippen molar-refractivity contribution in [3.8, 4) is 0 Å². The van der Waals surface area contributed by atoms with Crippen LogP contribution in [0.25, 0.3) is 0 Å². The van der Waals surface area contributed by atoms with Crippen LogP contribution in [-0.2, 0) is 16.0 Å². The first-order valence-electron chi connectivity index (χ1n) is 6.50. The summed E-state index contributed by atoms with van der Waals surface area (Å²) < 4.78 is 0. The third-order valence-corrected chi connectivity index (χ3v) is 3.52. The molecule has 3 nitrogen and oxygen atoms in total. The molecule has 0 bridgehead atoms. The lowest BCUT2D eigenvalue weighted by molar-refractivity contribution is -0.124. The quantitative estimate of drug-likeness (QED) is 0.887. The molecule has 1 N–H and O–H groups in total. The summed E-state index contributed by atoms with van der Waals surface area (Å²) in [5.41, 5.74) is 2.22. The smallest absolute Gasteiger partial charge is 0.224 e. The minimum absolute atomic E-state index is 0.0589. The maximum absolute atomic E-state index is 11.9. The lowest BCUT2D eigenvalue weighted by Gasteiger charge is -2.22. The molecule has 1 saturated carbocycles. The fourth-order valence-electron chi connectivity index (χ4n) is 2.34. The van der Waals surface area contributed by atoms with E-state index in [2.05, 4.69) is 5.32 Å². The molecular weight excluding hydrogens is 226 g/mol. The number of rotatable bonds is 3. The molecule has 1 fully saturated rings. The van der Waals surface area contributed by atoms with Gasteiger partial charge in [-0.15, -0.1) is 0 Å². The predicted octanol–water partition coefficient (Wildman–Crippen LogP) is 2.17. The number of carbonyl (C=O) groups is 2. The van der Waals surface area contributed by atoms with E-state index in [1.807, 2.05) is 31.2 Å². The van der Waals surface area contributed by atoms with Crippen LogP contribution in [0.4, 0.5) is 0 Å². The fraction of sp³-hybridized carbons (Fsp3) is 0.467. The molecule has 18 heavy (non-hydrogen) atoms. The Balaban J connectivity index is 1.86. The van der Waals surface area contributed by atoms with Gasteiger partial charge in [0.25, 0.3) is 0 Å². The first-order chi connectivity index (χ1) is 8.65. The molecule has 1 aliphatic rings. The monoisotopic (exact) mass is 245 g/mol. The van der Waals surface area contributed by atoms with Crippen molar-refractivity contribution in [1.29, 1.82) is 0 Å². The van der Waals surface area contributed by atoms with Crippen molar-refractivity contribution in [2.75, 3.05) is 0 Å². The van der Waals surface area contributed by atoms with Crippen LogP contribution in [0.5, 0.6) is 0 Å². The van der Waals surface area contributed by atoms with E-state index in [-0.39, 0.29) is 11.9 Å². The van der Waals surface area contributed by atoms with Crippen molar-refractivity contribution in [1.82, 2.24) is 5.32 Å². The topological polar surface area (TPSA) is 46.2 Å². The highest BCUT2D eigenvalue weighted by atomic mass is 16.1. The second-order valence-corrected chi connectivity index (χ2v) is 4.98. The van der Waals surface area contributed by atoms with Crippen LogP contribution in [0, 0.1) is 6.92 Å². The molecule has 3 heteroatoms. The van der Waals surface area contributed by atoms with Gasteiger partial charge in [0.2, 0.25) is 5.91 Å². The van der Waals surface area contributed by atoms with Crippen molar-refractivity contribution in [2.24, 2.45) is 0 Å². The Kier molecular flexibility index (Phi) is 4.13. The Labute approximate surface area is 108 Å². The summed E-state index contributed by atoms with van der Waals surface area (Å²) in [5, 5.41) is 3.02. The summed E-state index contributed by atoms with van der Waals surface area (Å²) >= 11 is 0. The van der Waals surface area contributed by atoms with Crippen molar-refractivity contribution >= 4 is 11.7 Å². The number of nitrogens with one attached hydrogen (secondary N) is 1. The first kappa shape index (κ1) is 12.8. The minimum Gasteiger partial charge on any atom is -0.353 e. The molecule has 0 heterocycles. The Bertz CT molecular complexity index is 444. The lowest BCUT2D eigenvalue weighted by Crippen LogP contribution is -2.38. The highest BCUT2D eigenvalue weighted by molar-refractivity contribution is 5.81. The zero-order valence-electron chi connectivity index (χ0n) is 10.7. The molecule has 2 rings (SSSR count). The number of hydrogen-bond donors (Lipinski definition) is 1. The van der Waals surface area contributed by atoms with Crippen molar-refractivity contribution in [3.63, 3.8) is 0 Å². The highest BCUT2D eigenvalue weighted by Gasteiger charge is 2.20. The van der Waals surface area contributed by atoms with Gasteiger partial charge in [-0.05, 0) is 30.9 Å². The summed E-state index contributed by atoms with van der Waals surface area (Å²) in [7, 11) is 0. The number of hydrogen-bond acceptors (Lipinski definition) is 2. The highest BCUT2D eigenvalue weighted by Crippen LogP contribution is 2.15. The maximum Gasteiger partial charge on any atom is 0.224 e. The third-order valence-electron chi connectivity index (χ3n) is 3.52. The van der Waals surface area contributed by atoms with Crippen LogP contribution in [0.15, 0.2) is 24.3 Å². The second-order valence-electron chi connectivity index (χ2n) is 4.98. The van der Waals surface area contributed by atoms with Crippen molar-refractivity contribution in [3.05, 3.63) is 35.4 Å². The molecular formula is C15H19NO2. The van der Waals surface area contributed by atoms with Gasteiger partial charge in [0.05, 0.1) is 6.42 Å². The number of amides is 1. The Morgan fingerprint density at radius 2 is 1.94 bits per heavy atom. The van der Waals surface area contributed by atoms with Crippen molar-refractivity contribution < 1.29 is 9.59 Å². The molecule has 0 saturated heterocycles. The standard InChI is InChI=1S/C15H19NO2/c1-11-4-2-3-5-12(11)10-15(18)16-13-6-8-14(17)9-7-13/h2-5,13H,6-10H2,1H3,(H,16,18). The average Bonchev–Trinajstić information content (AvgIpc) is 2.35. The lowest BCUT2D eigenvalue weighted by atomic mass is 9.94. The summed E-state index contributed by atoms with van der Waals surface area (Å²) in [4.78, 5) is 23.0. The van der Waals surface area contributed by atoms with Crippen LogP contribution >= 0.6 is 0 Å². The van der Waals surface area contributed by atoms with Crippen LogP contribution in [-0.4, -0.2) is 17.7 Å². The normalized spacial score (nSPS) is 16.6. The number of Topliss-reactive ketones (excluding diaryl/α,β-unsaturated/α-hetero) is 1. The van der Waals surface area contributed by atoms with Gasteiger partial charge < -0.3 is 5.32 Å². The molecule has 0 atom stereocenters. The molecule has 0 aromatic heterocycles. The zero-order valence-corrected chi connectivity index (χ0v) is 10.7. The van der Waals surface area contributed by atoms with Crippen LogP contribution in [0.3, 0.4) is 0 Å². The van der Waals surface area contributed by atoms with Gasteiger partial charge in [-0.25, -0.2) is 0 Å². The van der Waals surface area contributed by atoms with E-state index in [4.69, 9.17) is 0 Å². The van der Waals surface area contributed by atoms with E-state index >= 15 is 0 Å². The molecule has 1 aliphatic carbocycles. The van der Waals surface area contributed by atoms with E-state index in [1.165, 1.54) is 0 Å². The van der Waals surface area contributed by atoms with E-state index in [9.17, 15) is 9.59 Å². The summed E-state index contributed by atoms with van der Waals surface area (Å²) in [6, 6.07) is 8.11. The number of ketones is 1. The Hall–Kier alpha value is -1.64. The Morgan fingerprint density at radius 3 is 2.61 bits per heavy atom. The molecule has 96 valence electrons. The van der Waals surface area contributed by atoms with Crippen LogP contribution in [0.2, 0.25) is 0 Å². The van der Waals surface area contributed by atoms with E-state index in [0.29, 0.717) is 25.0 Å². The molecule has 0 aliphatic heterocycles. The van der Waals surface area contributed by atoms with E-state index < -0.39 is 0 Å². The molecule has 0 unspecified atom stereocenters. The van der Waals surface area contributed by atoms with Gasteiger partial charge in [-0.3, -0.25) is 9.59 Å². The molecule has 1 aromatic carbocycles. The summed E-state index contributed by atoms with van der Waals surface area (Å²) in [5.74, 6) is 0.378. The average molecular weight is 245 g/mol. The van der Waals surface area contributed by atoms with Gasteiger partial charge in [0, 0.05) is 18.9 Å². The predicted molar refractivity (Wildman–Crippen MR) is 70.3 cm³/mol.